The highest BCUT2D eigenvalue weighted by Crippen LogP contribution is 2.13. The minimum Gasteiger partial charge on any atom is -0.467 e. The zero-order valence-corrected chi connectivity index (χ0v) is 15.8. The van der Waals surface area contributed by atoms with E-state index in [0.29, 0.717) is 5.56 Å². The number of halogens is 1. The van der Waals surface area contributed by atoms with Crippen molar-refractivity contribution in [3.63, 3.8) is 0 Å². The van der Waals surface area contributed by atoms with Gasteiger partial charge in [0.1, 0.15) is 6.04 Å². The fraction of sp³-hybridized carbons (Fsp3) is 0.211. The summed E-state index contributed by atoms with van der Waals surface area (Å²) in [6.07, 6.45) is 0.282. The van der Waals surface area contributed by atoms with E-state index in [4.69, 9.17) is 4.74 Å². The Morgan fingerprint density at radius 1 is 1.08 bits per heavy atom. The molecular formula is C19H19BrN2O4. The number of esters is 1. The third kappa shape index (κ3) is 6.00. The second kappa shape index (κ2) is 9.72. The average molecular weight is 419 g/mol. The largest absolute Gasteiger partial charge is 0.467 e. The molecule has 6 nitrogen and oxygen atoms in total. The van der Waals surface area contributed by atoms with Gasteiger partial charge in [0.15, 0.2) is 0 Å². The molecule has 0 radical (unpaired) electrons. The number of hydrogen-bond acceptors (Lipinski definition) is 4. The minimum absolute atomic E-state index is 0.236. The normalized spacial score (nSPS) is 11.3. The number of methoxy groups -OCH3 is 1. The summed E-state index contributed by atoms with van der Waals surface area (Å²) >= 11 is 3.37. The van der Waals surface area contributed by atoms with Crippen molar-refractivity contribution in [1.82, 2.24) is 10.6 Å². The highest BCUT2D eigenvalue weighted by molar-refractivity contribution is 9.10. The van der Waals surface area contributed by atoms with E-state index in [1.54, 1.807) is 30.3 Å². The Balaban J connectivity index is 1.93. The molecule has 136 valence electrons. The standard InChI is InChI=1S/C19H19BrN2O4/c1-26-19(25)16(11-13-6-5-9-15(20)10-13)22-17(23)12-21-18(24)14-7-3-2-4-8-14/h2-10,16H,11-12H2,1H3,(H,21,24)(H,22,23)/t16-/m1/s1. The predicted octanol–water partition coefficient (Wildman–Crippen LogP) is 2.08. The molecule has 0 fully saturated rings. The minimum atomic E-state index is -0.838. The molecule has 0 saturated carbocycles. The van der Waals surface area contributed by atoms with Gasteiger partial charge in [-0.1, -0.05) is 46.3 Å². The summed E-state index contributed by atoms with van der Waals surface area (Å²) in [6.45, 7) is -0.236. The van der Waals surface area contributed by atoms with E-state index in [9.17, 15) is 14.4 Å². The van der Waals surface area contributed by atoms with E-state index in [1.165, 1.54) is 7.11 Å². The predicted molar refractivity (Wildman–Crippen MR) is 101 cm³/mol. The van der Waals surface area contributed by atoms with Crippen molar-refractivity contribution in [3.8, 4) is 0 Å². The first-order valence-corrected chi connectivity index (χ1v) is 8.74. The molecule has 0 aromatic heterocycles. The Labute approximate surface area is 160 Å². The van der Waals surface area contributed by atoms with Crippen LogP contribution in [0, 0.1) is 0 Å². The zero-order chi connectivity index (χ0) is 18.9. The zero-order valence-electron chi connectivity index (χ0n) is 14.2. The molecule has 7 heteroatoms. The van der Waals surface area contributed by atoms with E-state index >= 15 is 0 Å². The SMILES string of the molecule is COC(=O)[C@@H](Cc1cccc(Br)c1)NC(=O)CNC(=O)c1ccccc1. The van der Waals surface area contributed by atoms with Gasteiger partial charge in [-0.2, -0.15) is 0 Å². The van der Waals surface area contributed by atoms with Gasteiger partial charge >= 0.3 is 5.97 Å². The van der Waals surface area contributed by atoms with E-state index in [-0.39, 0.29) is 18.9 Å². The number of amides is 2. The second-order valence-corrected chi connectivity index (χ2v) is 6.44. The molecule has 0 heterocycles. The summed E-state index contributed by atoms with van der Waals surface area (Å²) in [7, 11) is 1.26. The molecule has 2 rings (SSSR count). The molecule has 0 spiro atoms. The summed E-state index contributed by atoms with van der Waals surface area (Å²) in [5.74, 6) is -1.38. The van der Waals surface area contributed by atoms with Crippen LogP contribution in [-0.2, 0) is 20.7 Å². The van der Waals surface area contributed by atoms with E-state index in [2.05, 4.69) is 26.6 Å². The Morgan fingerprint density at radius 2 is 1.81 bits per heavy atom. The van der Waals surface area contributed by atoms with Crippen molar-refractivity contribution in [2.24, 2.45) is 0 Å². The molecule has 2 aromatic carbocycles. The van der Waals surface area contributed by atoms with Crippen LogP contribution in [0.25, 0.3) is 0 Å². The van der Waals surface area contributed by atoms with E-state index < -0.39 is 17.9 Å². The number of carbonyl (C=O) groups excluding carboxylic acids is 3. The van der Waals surface area contributed by atoms with Crippen molar-refractivity contribution in [3.05, 3.63) is 70.2 Å². The van der Waals surface area contributed by atoms with Crippen LogP contribution >= 0.6 is 15.9 Å². The highest BCUT2D eigenvalue weighted by Gasteiger charge is 2.22. The molecule has 1 atom stereocenters. The number of benzene rings is 2. The van der Waals surface area contributed by atoms with Gasteiger partial charge in [0.25, 0.3) is 5.91 Å². The summed E-state index contributed by atoms with van der Waals surface area (Å²) in [5, 5.41) is 5.12. The van der Waals surface area contributed by atoms with Crippen LogP contribution in [0.1, 0.15) is 15.9 Å². The van der Waals surface area contributed by atoms with Crippen LogP contribution in [0.4, 0.5) is 0 Å². The van der Waals surface area contributed by atoms with Gasteiger partial charge in [-0.25, -0.2) is 4.79 Å². The number of hydrogen-bond donors (Lipinski definition) is 2. The van der Waals surface area contributed by atoms with Gasteiger partial charge in [0, 0.05) is 16.5 Å². The van der Waals surface area contributed by atoms with Gasteiger partial charge < -0.3 is 15.4 Å². The fourth-order valence-corrected chi connectivity index (χ4v) is 2.78. The monoisotopic (exact) mass is 418 g/mol. The van der Waals surface area contributed by atoms with Crippen molar-refractivity contribution in [2.45, 2.75) is 12.5 Å². The first-order chi connectivity index (χ1) is 12.5. The molecule has 2 aromatic rings. The Kier molecular flexibility index (Phi) is 7.35. The average Bonchev–Trinajstić information content (AvgIpc) is 2.65. The van der Waals surface area contributed by atoms with Crippen LogP contribution in [0.3, 0.4) is 0 Å². The lowest BCUT2D eigenvalue weighted by atomic mass is 10.1. The van der Waals surface area contributed by atoms with Crippen molar-refractivity contribution < 1.29 is 19.1 Å². The van der Waals surface area contributed by atoms with Crippen molar-refractivity contribution >= 4 is 33.7 Å². The van der Waals surface area contributed by atoms with Gasteiger partial charge in [0.2, 0.25) is 5.91 Å². The summed E-state index contributed by atoms with van der Waals surface area (Å²) in [6, 6.07) is 15.2. The molecule has 0 aliphatic rings. The Hall–Kier alpha value is -2.67. The molecular weight excluding hydrogens is 400 g/mol. The van der Waals surface area contributed by atoms with E-state index in [0.717, 1.165) is 10.0 Å². The first kappa shape index (κ1) is 19.7. The maximum atomic E-state index is 12.1. The quantitative estimate of drug-likeness (QED) is 0.674. The van der Waals surface area contributed by atoms with Gasteiger partial charge in [-0.05, 0) is 29.8 Å². The molecule has 0 saturated heterocycles. The lowest BCUT2D eigenvalue weighted by Gasteiger charge is -2.17. The van der Waals surface area contributed by atoms with Crippen molar-refractivity contribution in [1.29, 1.82) is 0 Å². The van der Waals surface area contributed by atoms with Crippen LogP contribution < -0.4 is 10.6 Å². The van der Waals surface area contributed by atoms with Crippen LogP contribution in [0.15, 0.2) is 59.1 Å². The fourth-order valence-electron chi connectivity index (χ4n) is 2.33. The number of nitrogens with one attached hydrogen (secondary N) is 2. The first-order valence-electron chi connectivity index (χ1n) is 7.94. The van der Waals surface area contributed by atoms with Crippen LogP contribution in [-0.4, -0.2) is 37.5 Å². The third-order valence-corrected chi connectivity index (χ3v) is 4.09. The van der Waals surface area contributed by atoms with E-state index in [1.807, 2.05) is 24.3 Å². The summed E-state index contributed by atoms with van der Waals surface area (Å²) in [4.78, 5) is 36.0. The number of rotatable bonds is 7. The van der Waals surface area contributed by atoms with Crippen LogP contribution in [0.2, 0.25) is 0 Å². The lowest BCUT2D eigenvalue weighted by molar-refractivity contribution is -0.144. The second-order valence-electron chi connectivity index (χ2n) is 5.53. The lowest BCUT2D eigenvalue weighted by Crippen LogP contribution is -2.47. The van der Waals surface area contributed by atoms with Gasteiger partial charge in [-0.3, -0.25) is 9.59 Å². The van der Waals surface area contributed by atoms with Crippen LogP contribution in [0.5, 0.6) is 0 Å². The Morgan fingerprint density at radius 3 is 2.46 bits per heavy atom. The molecule has 0 unspecified atom stereocenters. The van der Waals surface area contributed by atoms with Crippen molar-refractivity contribution in [2.75, 3.05) is 13.7 Å². The van der Waals surface area contributed by atoms with Gasteiger partial charge in [-0.15, -0.1) is 0 Å². The molecule has 0 bridgehead atoms. The molecule has 0 aliphatic carbocycles. The molecule has 0 aliphatic heterocycles. The topological polar surface area (TPSA) is 84.5 Å². The molecule has 2 amide bonds. The maximum Gasteiger partial charge on any atom is 0.328 e. The smallest absolute Gasteiger partial charge is 0.328 e. The van der Waals surface area contributed by atoms with Gasteiger partial charge in [0.05, 0.1) is 13.7 Å². The summed E-state index contributed by atoms with van der Waals surface area (Å²) < 4.78 is 5.63. The Bertz CT molecular complexity index is 780. The highest BCUT2D eigenvalue weighted by atomic mass is 79.9. The maximum absolute atomic E-state index is 12.1. The molecule has 2 N–H and O–H groups in total. The third-order valence-electron chi connectivity index (χ3n) is 3.60. The summed E-state index contributed by atoms with van der Waals surface area (Å²) in [5.41, 5.74) is 1.32. The molecule has 26 heavy (non-hydrogen) atoms. The number of ether oxygens (including phenoxy) is 1. The number of carbonyl (C=O) groups is 3.